The molecule has 0 atom stereocenters. The summed E-state index contributed by atoms with van der Waals surface area (Å²) in [4.78, 5) is 56.6. The van der Waals surface area contributed by atoms with Crippen molar-refractivity contribution < 1.29 is 5.11 Å². The number of nitrogens with one attached hydrogen (secondary N) is 3. The van der Waals surface area contributed by atoms with Gasteiger partial charge in [-0.05, 0) is 12.1 Å². The molecule has 1 aromatic carbocycles. The molecule has 4 N–H and O–H groups in total. The number of hydrogen-bond acceptors (Lipinski definition) is 6. The monoisotopic (exact) mass is 375 g/mol. The molecule has 0 fully saturated rings. The first kappa shape index (κ1) is 17.2. The van der Waals surface area contributed by atoms with Gasteiger partial charge < -0.3 is 10.1 Å². The number of benzene rings is 1. The van der Waals surface area contributed by atoms with Crippen molar-refractivity contribution in [3.8, 4) is 11.6 Å². The van der Waals surface area contributed by atoms with Crippen LogP contribution in [0.4, 0.5) is 5.69 Å². The van der Waals surface area contributed by atoms with Gasteiger partial charge in [0.1, 0.15) is 11.3 Å². The zero-order valence-corrected chi connectivity index (χ0v) is 13.6. The molecule has 11 heteroatoms. The molecule has 0 amide bonds. The van der Waals surface area contributed by atoms with E-state index < -0.39 is 28.4 Å². The van der Waals surface area contributed by atoms with Crippen molar-refractivity contribution in [1.82, 2.24) is 19.5 Å². The summed E-state index contributed by atoms with van der Waals surface area (Å²) in [5, 5.41) is 10.5. The lowest BCUT2D eigenvalue weighted by atomic mass is 10.3. The maximum Gasteiger partial charge on any atom is 0.335 e. The van der Waals surface area contributed by atoms with E-state index in [2.05, 4.69) is 9.98 Å². The van der Waals surface area contributed by atoms with E-state index in [0.717, 1.165) is 17.0 Å². The Balaban J connectivity index is 2.19. The van der Waals surface area contributed by atoms with Gasteiger partial charge in [0, 0.05) is 12.4 Å². The first-order valence-corrected chi connectivity index (χ1v) is 7.45. The van der Waals surface area contributed by atoms with Crippen LogP contribution >= 0.6 is 11.6 Å². The summed E-state index contributed by atoms with van der Waals surface area (Å²) in [6, 6.07) is 6.19. The molecular formula is C15H10ClN5O5. The van der Waals surface area contributed by atoms with Crippen molar-refractivity contribution in [2.45, 2.75) is 0 Å². The molecular weight excluding hydrogens is 366 g/mol. The Bertz CT molecular complexity index is 1250. The van der Waals surface area contributed by atoms with Crippen molar-refractivity contribution in [3.05, 3.63) is 82.7 Å². The van der Waals surface area contributed by atoms with Gasteiger partial charge in [0.2, 0.25) is 5.88 Å². The molecule has 3 rings (SSSR count). The fourth-order valence-corrected chi connectivity index (χ4v) is 2.36. The second-order valence-corrected chi connectivity index (χ2v) is 5.41. The lowest BCUT2D eigenvalue weighted by Crippen LogP contribution is -2.31. The average Bonchev–Trinajstić information content (AvgIpc) is 2.57. The average molecular weight is 376 g/mol. The van der Waals surface area contributed by atoms with Crippen LogP contribution in [0.2, 0.25) is 5.02 Å². The molecule has 0 unspecified atom stereocenters. The molecule has 0 bridgehead atoms. The van der Waals surface area contributed by atoms with Gasteiger partial charge in [-0.3, -0.25) is 19.6 Å². The summed E-state index contributed by atoms with van der Waals surface area (Å²) in [6.07, 6.45) is 1.93. The zero-order valence-electron chi connectivity index (χ0n) is 12.8. The second kappa shape index (κ2) is 6.69. The maximum atomic E-state index is 12.1. The largest absolute Gasteiger partial charge is 0.493 e. The van der Waals surface area contributed by atoms with E-state index in [4.69, 9.17) is 11.6 Å². The zero-order chi connectivity index (χ0) is 18.8. The molecule has 0 spiro atoms. The molecule has 26 heavy (non-hydrogen) atoms. The van der Waals surface area contributed by atoms with Crippen molar-refractivity contribution in [2.75, 3.05) is 0 Å². The van der Waals surface area contributed by atoms with Gasteiger partial charge in [0.25, 0.3) is 11.1 Å². The molecule has 132 valence electrons. The quantitative estimate of drug-likeness (QED) is 0.475. The molecule has 0 saturated carbocycles. The normalized spacial score (nSPS) is 11.1. The summed E-state index contributed by atoms with van der Waals surface area (Å²) in [6.45, 7) is 0. The number of aromatic amines is 3. The fourth-order valence-electron chi connectivity index (χ4n) is 2.14. The molecule has 0 aliphatic rings. The van der Waals surface area contributed by atoms with Crippen LogP contribution in [0.15, 0.2) is 54.6 Å². The number of aromatic nitrogens is 4. The van der Waals surface area contributed by atoms with Gasteiger partial charge in [0.05, 0.1) is 10.7 Å². The van der Waals surface area contributed by atoms with Crippen molar-refractivity contribution in [3.63, 3.8) is 0 Å². The van der Waals surface area contributed by atoms with E-state index in [-0.39, 0.29) is 22.0 Å². The SMILES string of the molecule is O=c1[nH]cc(N=Cc2c(O)n(-c3ccccc3Cl)c(=O)[nH]c2=O)c(=O)[nH]1. The molecule has 0 radical (unpaired) electrons. The van der Waals surface area contributed by atoms with Gasteiger partial charge in [-0.2, -0.15) is 0 Å². The minimum Gasteiger partial charge on any atom is -0.493 e. The summed E-state index contributed by atoms with van der Waals surface area (Å²) in [5.74, 6) is -0.712. The van der Waals surface area contributed by atoms with E-state index in [9.17, 15) is 24.3 Å². The third kappa shape index (κ3) is 3.13. The third-order valence-corrected chi connectivity index (χ3v) is 3.67. The Kier molecular flexibility index (Phi) is 4.42. The molecule has 2 heterocycles. The lowest BCUT2D eigenvalue weighted by molar-refractivity contribution is 0.430. The Labute approximate surface area is 148 Å². The van der Waals surface area contributed by atoms with Crippen LogP contribution in [-0.4, -0.2) is 30.8 Å². The highest BCUT2D eigenvalue weighted by Crippen LogP contribution is 2.22. The summed E-state index contributed by atoms with van der Waals surface area (Å²) < 4.78 is 0.794. The molecule has 10 nitrogen and oxygen atoms in total. The second-order valence-electron chi connectivity index (χ2n) is 5.00. The Morgan fingerprint density at radius 1 is 1.08 bits per heavy atom. The first-order chi connectivity index (χ1) is 12.4. The van der Waals surface area contributed by atoms with E-state index in [0.29, 0.717) is 0 Å². The molecule has 0 aliphatic carbocycles. The number of para-hydroxylation sites is 1. The van der Waals surface area contributed by atoms with Gasteiger partial charge in [-0.15, -0.1) is 0 Å². The van der Waals surface area contributed by atoms with Gasteiger partial charge in [-0.1, -0.05) is 23.7 Å². The lowest BCUT2D eigenvalue weighted by Gasteiger charge is -2.10. The standard InChI is InChI=1S/C15H10ClN5O5/c16-8-3-1-2-4-10(8)21-13(24)7(11(22)20-15(21)26)5-17-9-6-18-14(25)19-12(9)23/h1-6,24H,(H,20,22,26)(H2,18,19,23,25). The minimum atomic E-state index is -0.916. The number of hydrogen-bond donors (Lipinski definition) is 4. The van der Waals surface area contributed by atoms with Crippen molar-refractivity contribution >= 4 is 23.5 Å². The Morgan fingerprint density at radius 3 is 2.50 bits per heavy atom. The molecule has 3 aromatic rings. The highest BCUT2D eigenvalue weighted by atomic mass is 35.5. The van der Waals surface area contributed by atoms with Crippen LogP contribution in [0.5, 0.6) is 5.88 Å². The highest BCUT2D eigenvalue weighted by molar-refractivity contribution is 6.32. The Hall–Kier alpha value is -3.66. The van der Waals surface area contributed by atoms with Crippen LogP contribution in [0.25, 0.3) is 5.69 Å². The van der Waals surface area contributed by atoms with Crippen LogP contribution < -0.4 is 22.5 Å². The van der Waals surface area contributed by atoms with Gasteiger partial charge >= 0.3 is 11.4 Å². The first-order valence-electron chi connectivity index (χ1n) is 7.08. The number of aliphatic imine (C=N–C) groups is 1. The van der Waals surface area contributed by atoms with Crippen molar-refractivity contribution in [1.29, 1.82) is 0 Å². The van der Waals surface area contributed by atoms with E-state index in [1.54, 1.807) is 12.1 Å². The van der Waals surface area contributed by atoms with E-state index in [1.165, 1.54) is 12.1 Å². The number of aromatic hydroxyl groups is 1. The number of halogens is 1. The van der Waals surface area contributed by atoms with E-state index in [1.807, 2.05) is 9.97 Å². The third-order valence-electron chi connectivity index (χ3n) is 3.35. The number of rotatable bonds is 3. The molecule has 0 saturated heterocycles. The summed E-state index contributed by atoms with van der Waals surface area (Å²) in [5.41, 5.74) is -3.78. The predicted molar refractivity (Wildman–Crippen MR) is 94.3 cm³/mol. The van der Waals surface area contributed by atoms with Crippen molar-refractivity contribution in [2.24, 2.45) is 4.99 Å². The number of H-pyrrole nitrogens is 3. The smallest absolute Gasteiger partial charge is 0.335 e. The van der Waals surface area contributed by atoms with Crippen LogP contribution in [-0.2, 0) is 0 Å². The van der Waals surface area contributed by atoms with Crippen LogP contribution in [0.1, 0.15) is 5.56 Å². The highest BCUT2D eigenvalue weighted by Gasteiger charge is 2.16. The van der Waals surface area contributed by atoms with Crippen LogP contribution in [0.3, 0.4) is 0 Å². The van der Waals surface area contributed by atoms with Gasteiger partial charge in [-0.25, -0.2) is 19.1 Å². The molecule has 0 aliphatic heterocycles. The molecule has 2 aromatic heterocycles. The Morgan fingerprint density at radius 2 is 1.81 bits per heavy atom. The fraction of sp³-hybridized carbons (Fsp3) is 0. The van der Waals surface area contributed by atoms with Crippen LogP contribution in [0, 0.1) is 0 Å². The van der Waals surface area contributed by atoms with E-state index >= 15 is 0 Å². The minimum absolute atomic E-state index is 0.143. The van der Waals surface area contributed by atoms with Gasteiger partial charge in [0.15, 0.2) is 0 Å². The summed E-state index contributed by atoms with van der Waals surface area (Å²) in [7, 11) is 0. The summed E-state index contributed by atoms with van der Waals surface area (Å²) >= 11 is 6.03. The topological polar surface area (TPSA) is 153 Å². The predicted octanol–water partition coefficient (Wildman–Crippen LogP) is 0.0120. The number of nitrogens with zero attached hydrogens (tertiary/aromatic N) is 2. The maximum absolute atomic E-state index is 12.1.